The third-order valence-corrected chi connectivity index (χ3v) is 3.67. The lowest BCUT2D eigenvalue weighted by atomic mass is 10.1. The molecular formula is C17H11F3N6O. The smallest absolute Gasteiger partial charge is 0.334 e. The van der Waals surface area contributed by atoms with Crippen LogP contribution in [0.2, 0.25) is 0 Å². The second kappa shape index (κ2) is 6.63. The van der Waals surface area contributed by atoms with Gasteiger partial charge in [0, 0.05) is 11.1 Å². The zero-order chi connectivity index (χ0) is 18.9. The Morgan fingerprint density at radius 3 is 2.52 bits per heavy atom. The van der Waals surface area contributed by atoms with E-state index in [1.165, 1.54) is 16.9 Å². The Morgan fingerprint density at radius 1 is 0.963 bits per heavy atom. The van der Waals surface area contributed by atoms with Crippen LogP contribution in [0.4, 0.5) is 13.2 Å². The van der Waals surface area contributed by atoms with E-state index in [1.807, 2.05) is 30.3 Å². The molecule has 0 amide bonds. The molecule has 0 aliphatic carbocycles. The Kier molecular flexibility index (Phi) is 4.15. The highest BCUT2D eigenvalue weighted by Gasteiger charge is 2.30. The molecule has 4 aromatic rings. The summed E-state index contributed by atoms with van der Waals surface area (Å²) in [6.45, 7) is 0.0717. The third-order valence-electron chi connectivity index (χ3n) is 3.67. The van der Waals surface area contributed by atoms with Crippen molar-refractivity contribution >= 4 is 0 Å². The van der Waals surface area contributed by atoms with E-state index in [9.17, 15) is 13.2 Å². The van der Waals surface area contributed by atoms with Crippen LogP contribution in [-0.2, 0) is 12.7 Å². The number of nitrogens with zero attached hydrogens (tertiary/aromatic N) is 6. The number of aromatic nitrogens is 6. The van der Waals surface area contributed by atoms with Crippen LogP contribution in [0, 0.1) is 0 Å². The molecule has 2 aromatic carbocycles. The first-order valence-electron chi connectivity index (χ1n) is 7.82. The minimum absolute atomic E-state index is 0.0717. The molecule has 7 nitrogen and oxygen atoms in total. The monoisotopic (exact) mass is 372 g/mol. The van der Waals surface area contributed by atoms with E-state index in [0.717, 1.165) is 17.7 Å². The van der Waals surface area contributed by atoms with Crippen LogP contribution in [0.1, 0.15) is 11.4 Å². The topological polar surface area (TPSA) is 82.5 Å². The molecule has 0 saturated carbocycles. The van der Waals surface area contributed by atoms with Crippen molar-refractivity contribution in [2.75, 3.05) is 0 Å². The lowest BCUT2D eigenvalue weighted by Crippen LogP contribution is -2.06. The molecule has 0 saturated heterocycles. The lowest BCUT2D eigenvalue weighted by molar-refractivity contribution is -0.137. The molecule has 4 rings (SSSR count). The summed E-state index contributed by atoms with van der Waals surface area (Å²) < 4.78 is 43.7. The highest BCUT2D eigenvalue weighted by atomic mass is 19.4. The molecule has 0 bridgehead atoms. The lowest BCUT2D eigenvalue weighted by Gasteiger charge is -2.06. The fraction of sp³-hybridized carbons (Fsp3) is 0.118. The molecule has 2 heterocycles. The molecule has 136 valence electrons. The Labute approximate surface area is 150 Å². The highest BCUT2D eigenvalue weighted by Crippen LogP contribution is 2.31. The van der Waals surface area contributed by atoms with Crippen molar-refractivity contribution in [3.8, 4) is 22.8 Å². The summed E-state index contributed by atoms with van der Waals surface area (Å²) in [5.41, 5.74) is 0.212. The van der Waals surface area contributed by atoms with Gasteiger partial charge in [-0.05, 0) is 29.5 Å². The molecule has 0 fully saturated rings. The van der Waals surface area contributed by atoms with Crippen LogP contribution >= 0.6 is 0 Å². The van der Waals surface area contributed by atoms with Crippen molar-refractivity contribution in [3.63, 3.8) is 0 Å². The number of halogens is 3. The van der Waals surface area contributed by atoms with Crippen LogP contribution in [0.3, 0.4) is 0 Å². The average molecular weight is 372 g/mol. The van der Waals surface area contributed by atoms with Crippen molar-refractivity contribution in [1.82, 2.24) is 30.3 Å². The zero-order valence-corrected chi connectivity index (χ0v) is 13.6. The maximum Gasteiger partial charge on any atom is 0.416 e. The van der Waals surface area contributed by atoms with Gasteiger partial charge >= 0.3 is 6.18 Å². The first-order chi connectivity index (χ1) is 13.0. The Balaban J connectivity index is 1.53. The maximum absolute atomic E-state index is 12.8. The van der Waals surface area contributed by atoms with Gasteiger partial charge in [-0.3, -0.25) is 0 Å². The Bertz CT molecular complexity index is 1060. The number of alkyl halides is 3. The molecule has 0 spiro atoms. The predicted octanol–water partition coefficient (Wildman–Crippen LogP) is 3.46. The highest BCUT2D eigenvalue weighted by molar-refractivity contribution is 5.55. The van der Waals surface area contributed by atoms with Gasteiger partial charge in [-0.1, -0.05) is 35.5 Å². The second-order valence-corrected chi connectivity index (χ2v) is 5.60. The van der Waals surface area contributed by atoms with Gasteiger partial charge in [0.2, 0.25) is 5.82 Å². The van der Waals surface area contributed by atoms with Gasteiger partial charge in [0.15, 0.2) is 5.82 Å². The summed E-state index contributed by atoms with van der Waals surface area (Å²) in [4.78, 5) is 5.44. The molecular weight excluding hydrogens is 361 g/mol. The predicted molar refractivity (Wildman–Crippen MR) is 87.1 cm³/mol. The second-order valence-electron chi connectivity index (χ2n) is 5.60. The molecule has 10 heteroatoms. The molecule has 0 aliphatic heterocycles. The normalized spacial score (nSPS) is 11.7. The van der Waals surface area contributed by atoms with Crippen molar-refractivity contribution in [3.05, 3.63) is 66.0 Å². The van der Waals surface area contributed by atoms with Crippen molar-refractivity contribution in [2.24, 2.45) is 0 Å². The van der Waals surface area contributed by atoms with Crippen molar-refractivity contribution in [2.45, 2.75) is 12.7 Å². The first kappa shape index (κ1) is 16.9. The SMILES string of the molecule is FC(F)(F)c1cccc(-c2nnn(Cc3noc(-c4ccccc4)n3)n2)c1. The van der Waals surface area contributed by atoms with Gasteiger partial charge in [-0.25, -0.2) is 0 Å². The summed E-state index contributed by atoms with van der Waals surface area (Å²) in [7, 11) is 0. The molecule has 0 radical (unpaired) electrons. The zero-order valence-electron chi connectivity index (χ0n) is 13.6. The van der Waals surface area contributed by atoms with E-state index < -0.39 is 11.7 Å². The van der Waals surface area contributed by atoms with Gasteiger partial charge in [-0.2, -0.15) is 23.0 Å². The maximum atomic E-state index is 12.8. The summed E-state index contributed by atoms with van der Waals surface area (Å²) in [6, 6.07) is 14.0. The number of rotatable bonds is 4. The summed E-state index contributed by atoms with van der Waals surface area (Å²) in [5.74, 6) is 0.749. The largest absolute Gasteiger partial charge is 0.416 e. The minimum Gasteiger partial charge on any atom is -0.334 e. The standard InChI is InChI=1S/C17H11F3N6O/c18-17(19,20)13-8-4-7-12(9-13)15-22-25-26(23-15)10-14-21-16(27-24-14)11-5-2-1-3-6-11/h1-9H,10H2. The number of tetrazole rings is 1. The third kappa shape index (κ3) is 3.68. The van der Waals surface area contributed by atoms with Crippen LogP contribution in [-0.4, -0.2) is 30.3 Å². The van der Waals surface area contributed by atoms with Crippen LogP contribution < -0.4 is 0 Å². The van der Waals surface area contributed by atoms with Gasteiger partial charge in [0.25, 0.3) is 5.89 Å². The van der Waals surface area contributed by atoms with Crippen LogP contribution in [0.25, 0.3) is 22.8 Å². The van der Waals surface area contributed by atoms with E-state index in [1.54, 1.807) is 0 Å². The van der Waals surface area contributed by atoms with Gasteiger partial charge in [0.1, 0.15) is 6.54 Å². The van der Waals surface area contributed by atoms with Crippen molar-refractivity contribution in [1.29, 1.82) is 0 Å². The Morgan fingerprint density at radius 2 is 1.74 bits per heavy atom. The molecule has 27 heavy (non-hydrogen) atoms. The minimum atomic E-state index is -4.44. The molecule has 0 unspecified atom stereocenters. The van der Waals surface area contributed by atoms with Crippen LogP contribution in [0.5, 0.6) is 0 Å². The number of hydrogen-bond donors (Lipinski definition) is 0. The molecule has 2 aromatic heterocycles. The van der Waals surface area contributed by atoms with Crippen LogP contribution in [0.15, 0.2) is 59.1 Å². The van der Waals surface area contributed by atoms with Gasteiger partial charge in [-0.15, -0.1) is 10.2 Å². The van der Waals surface area contributed by atoms with E-state index in [0.29, 0.717) is 11.7 Å². The molecule has 0 atom stereocenters. The Hall–Kier alpha value is -3.56. The average Bonchev–Trinajstić information content (AvgIpc) is 3.32. The van der Waals surface area contributed by atoms with E-state index in [2.05, 4.69) is 25.6 Å². The molecule has 0 aliphatic rings. The summed E-state index contributed by atoms with van der Waals surface area (Å²) in [5, 5.41) is 15.6. The fourth-order valence-electron chi connectivity index (χ4n) is 2.40. The summed E-state index contributed by atoms with van der Waals surface area (Å²) in [6.07, 6.45) is -4.44. The van der Waals surface area contributed by atoms with Gasteiger partial charge in [0.05, 0.1) is 5.56 Å². The van der Waals surface area contributed by atoms with E-state index in [-0.39, 0.29) is 17.9 Å². The first-order valence-corrected chi connectivity index (χ1v) is 7.82. The van der Waals surface area contributed by atoms with E-state index in [4.69, 9.17) is 4.52 Å². The van der Waals surface area contributed by atoms with Gasteiger partial charge < -0.3 is 4.52 Å². The number of hydrogen-bond acceptors (Lipinski definition) is 6. The van der Waals surface area contributed by atoms with Crippen molar-refractivity contribution < 1.29 is 17.7 Å². The number of benzene rings is 2. The fourth-order valence-corrected chi connectivity index (χ4v) is 2.40. The molecule has 0 N–H and O–H groups in total. The quantitative estimate of drug-likeness (QED) is 0.546. The summed E-state index contributed by atoms with van der Waals surface area (Å²) >= 11 is 0. The van der Waals surface area contributed by atoms with E-state index >= 15 is 0 Å².